The second-order valence-electron chi connectivity index (χ2n) is 11.2. The van der Waals surface area contributed by atoms with Gasteiger partial charge in [-0.15, -0.1) is 0 Å². The van der Waals surface area contributed by atoms with Crippen LogP contribution in [0.2, 0.25) is 0 Å². The summed E-state index contributed by atoms with van der Waals surface area (Å²) in [6.07, 6.45) is -0.611. The Hall–Kier alpha value is -4.42. The summed E-state index contributed by atoms with van der Waals surface area (Å²) in [4.78, 5) is 31.0. The molecule has 3 aromatic rings. The molecule has 2 N–H and O–H groups in total. The van der Waals surface area contributed by atoms with Gasteiger partial charge in [0.15, 0.2) is 0 Å². The standard InChI is InChI=1S/C29H33F3N10O2/c1-4-25(43)42-12-11-41(15-19(42)13-33-2)27-20-8-10-40(26-21-14-34-37-23(21)6-5-22(26)29(30,31)32)16-24(20)35-28(36-27)44-17-18-7-9-39(3)38-18/h4-6,14,18-19,38H,1,7-13,15-17H2,3H3,(H,34,37)/t18-,19?/m0/s1. The number of aromatic amines is 1. The Labute approximate surface area is 252 Å². The quantitative estimate of drug-likeness (QED) is 0.308. The van der Waals surface area contributed by atoms with Gasteiger partial charge in [-0.25, -0.2) is 17.0 Å². The van der Waals surface area contributed by atoms with Gasteiger partial charge in [-0.05, 0) is 31.1 Å². The Kier molecular flexibility index (Phi) is 8.04. The van der Waals surface area contributed by atoms with Crippen molar-refractivity contribution >= 4 is 28.3 Å². The lowest BCUT2D eigenvalue weighted by Crippen LogP contribution is -2.56. The van der Waals surface area contributed by atoms with Crippen LogP contribution in [0.15, 0.2) is 31.0 Å². The fraction of sp³-hybridized carbons (Fsp3) is 0.483. The number of carbonyl (C=O) groups excluding carboxylic acids is 1. The first kappa shape index (κ1) is 29.6. The fourth-order valence-electron chi connectivity index (χ4n) is 6.28. The maximum absolute atomic E-state index is 14.2. The number of rotatable bonds is 7. The second-order valence-corrected chi connectivity index (χ2v) is 11.2. The normalized spacial score (nSPS) is 20.9. The van der Waals surface area contributed by atoms with E-state index in [1.54, 1.807) is 9.80 Å². The Bertz CT molecular complexity index is 1600. The van der Waals surface area contributed by atoms with Gasteiger partial charge in [0.1, 0.15) is 18.5 Å². The maximum atomic E-state index is 14.2. The van der Waals surface area contributed by atoms with E-state index < -0.39 is 11.7 Å². The van der Waals surface area contributed by atoms with Gasteiger partial charge in [0, 0.05) is 50.7 Å². The lowest BCUT2D eigenvalue weighted by Gasteiger charge is -2.41. The Morgan fingerprint density at radius 1 is 1.23 bits per heavy atom. The molecule has 44 heavy (non-hydrogen) atoms. The molecule has 1 aromatic carbocycles. The van der Waals surface area contributed by atoms with Gasteiger partial charge in [-0.1, -0.05) is 6.58 Å². The van der Waals surface area contributed by atoms with Crippen LogP contribution in [-0.4, -0.2) is 101 Å². The number of benzene rings is 1. The molecule has 0 bridgehead atoms. The highest BCUT2D eigenvalue weighted by Crippen LogP contribution is 2.42. The van der Waals surface area contributed by atoms with Crippen molar-refractivity contribution in [3.05, 3.63) is 59.2 Å². The number of fused-ring (bicyclic) bond motifs is 2. The largest absolute Gasteiger partial charge is 0.462 e. The third kappa shape index (κ3) is 5.74. The second kappa shape index (κ2) is 11.9. The van der Waals surface area contributed by atoms with Gasteiger partial charge < -0.3 is 24.3 Å². The van der Waals surface area contributed by atoms with Crippen molar-refractivity contribution in [2.24, 2.45) is 0 Å². The summed E-state index contributed by atoms with van der Waals surface area (Å²) in [5.41, 5.74) is 4.55. The molecular weight excluding hydrogens is 577 g/mol. The smallest absolute Gasteiger partial charge is 0.418 e. The molecule has 3 aliphatic rings. The Morgan fingerprint density at radius 2 is 2.07 bits per heavy atom. The van der Waals surface area contributed by atoms with Gasteiger partial charge >= 0.3 is 12.2 Å². The lowest BCUT2D eigenvalue weighted by atomic mass is 10.0. The van der Waals surface area contributed by atoms with Crippen LogP contribution in [-0.2, 0) is 23.9 Å². The molecule has 1 unspecified atom stereocenters. The third-order valence-electron chi connectivity index (χ3n) is 8.41. The first-order valence-electron chi connectivity index (χ1n) is 14.5. The van der Waals surface area contributed by atoms with E-state index in [-0.39, 0.29) is 42.8 Å². The van der Waals surface area contributed by atoms with Crippen molar-refractivity contribution in [1.82, 2.24) is 35.5 Å². The average molecular weight is 611 g/mol. The number of H-pyrrole nitrogens is 1. The highest BCUT2D eigenvalue weighted by molar-refractivity contribution is 5.94. The summed E-state index contributed by atoms with van der Waals surface area (Å²) in [6, 6.07) is 2.32. The van der Waals surface area contributed by atoms with E-state index in [1.165, 1.54) is 18.3 Å². The molecule has 2 aromatic heterocycles. The van der Waals surface area contributed by atoms with Crippen molar-refractivity contribution in [3.8, 4) is 6.01 Å². The van der Waals surface area contributed by atoms with Crippen molar-refractivity contribution < 1.29 is 22.7 Å². The molecule has 2 fully saturated rings. The minimum Gasteiger partial charge on any atom is -0.462 e. The predicted octanol–water partition coefficient (Wildman–Crippen LogP) is 2.64. The van der Waals surface area contributed by atoms with E-state index in [1.807, 2.05) is 17.0 Å². The SMILES string of the molecule is [C-]#[N+]CC1CN(c2nc(OC[C@@H]3CCN(C)N3)nc3c2CCN(c2c(C(F)(F)F)ccc4[nH]ncc24)C3)CCN1C(=O)C=C. The average Bonchev–Trinajstić information content (AvgIpc) is 3.66. The maximum Gasteiger partial charge on any atom is 0.418 e. The highest BCUT2D eigenvalue weighted by atomic mass is 19.4. The monoisotopic (exact) mass is 610 g/mol. The summed E-state index contributed by atoms with van der Waals surface area (Å²) < 4.78 is 48.7. The number of alkyl halides is 3. The molecule has 0 spiro atoms. The van der Waals surface area contributed by atoms with Crippen LogP contribution in [0.4, 0.5) is 24.7 Å². The number of aromatic nitrogens is 4. The first-order chi connectivity index (χ1) is 21.2. The van der Waals surface area contributed by atoms with E-state index in [0.717, 1.165) is 24.6 Å². The van der Waals surface area contributed by atoms with Crippen molar-refractivity contribution in [3.63, 3.8) is 0 Å². The first-order valence-corrected chi connectivity index (χ1v) is 14.5. The zero-order valence-corrected chi connectivity index (χ0v) is 24.3. The molecular formula is C29H33F3N10O2. The van der Waals surface area contributed by atoms with Gasteiger partial charge in [0.25, 0.3) is 0 Å². The number of piperazine rings is 1. The molecule has 232 valence electrons. The van der Waals surface area contributed by atoms with Crippen LogP contribution in [0.1, 0.15) is 23.2 Å². The van der Waals surface area contributed by atoms with Gasteiger partial charge in [-0.3, -0.25) is 9.89 Å². The number of hydrogen-bond acceptors (Lipinski definition) is 9. The topological polar surface area (TPSA) is 110 Å². The number of halogens is 3. The van der Waals surface area contributed by atoms with E-state index in [0.29, 0.717) is 61.6 Å². The van der Waals surface area contributed by atoms with Crippen LogP contribution in [0.3, 0.4) is 0 Å². The highest BCUT2D eigenvalue weighted by Gasteiger charge is 2.39. The Balaban J connectivity index is 1.36. The Morgan fingerprint density at radius 3 is 2.80 bits per heavy atom. The van der Waals surface area contributed by atoms with E-state index >= 15 is 0 Å². The van der Waals surface area contributed by atoms with E-state index in [4.69, 9.17) is 21.3 Å². The molecule has 0 saturated carbocycles. The number of ether oxygens (including phenoxy) is 1. The predicted molar refractivity (Wildman–Crippen MR) is 157 cm³/mol. The zero-order chi connectivity index (χ0) is 31.0. The molecule has 15 heteroatoms. The molecule has 6 rings (SSSR count). The summed E-state index contributed by atoms with van der Waals surface area (Å²) in [7, 11) is 1.95. The molecule has 0 aliphatic carbocycles. The molecule has 3 aliphatic heterocycles. The number of nitrogens with one attached hydrogen (secondary N) is 2. The number of nitrogens with zero attached hydrogens (tertiary/aromatic N) is 8. The lowest BCUT2D eigenvalue weighted by molar-refractivity contribution is -0.137. The van der Waals surface area contributed by atoms with Crippen LogP contribution in [0.5, 0.6) is 6.01 Å². The van der Waals surface area contributed by atoms with Crippen LogP contribution >= 0.6 is 0 Å². The zero-order valence-electron chi connectivity index (χ0n) is 24.3. The van der Waals surface area contributed by atoms with Crippen molar-refractivity contribution in [1.29, 1.82) is 0 Å². The van der Waals surface area contributed by atoms with Gasteiger partial charge in [0.2, 0.25) is 12.5 Å². The molecule has 0 radical (unpaired) electrons. The third-order valence-corrected chi connectivity index (χ3v) is 8.41. The van der Waals surface area contributed by atoms with Crippen LogP contribution in [0.25, 0.3) is 15.7 Å². The summed E-state index contributed by atoms with van der Waals surface area (Å²) >= 11 is 0. The number of hydrazine groups is 1. The molecule has 1 amide bonds. The minimum atomic E-state index is -4.56. The molecule has 12 nitrogen and oxygen atoms in total. The van der Waals surface area contributed by atoms with Crippen molar-refractivity contribution in [2.75, 3.05) is 62.7 Å². The number of carbonyl (C=O) groups is 1. The summed E-state index contributed by atoms with van der Waals surface area (Å²) in [6.45, 7) is 14.0. The van der Waals surface area contributed by atoms with Crippen LogP contribution < -0.4 is 20.0 Å². The summed E-state index contributed by atoms with van der Waals surface area (Å²) in [5.74, 6) is 0.394. The van der Waals surface area contributed by atoms with Gasteiger partial charge in [0.05, 0.1) is 41.2 Å². The van der Waals surface area contributed by atoms with Crippen molar-refractivity contribution in [2.45, 2.75) is 37.6 Å². The number of amides is 1. The molecule has 5 heterocycles. The van der Waals surface area contributed by atoms with Crippen LogP contribution in [0, 0.1) is 6.57 Å². The minimum absolute atomic E-state index is 0.0592. The summed E-state index contributed by atoms with van der Waals surface area (Å²) in [5, 5.41) is 9.14. The fourth-order valence-corrected chi connectivity index (χ4v) is 6.28. The van der Waals surface area contributed by atoms with E-state index in [2.05, 4.69) is 27.0 Å². The number of anilines is 2. The molecule has 2 atom stereocenters. The molecule has 2 saturated heterocycles. The van der Waals surface area contributed by atoms with Gasteiger partial charge in [-0.2, -0.15) is 28.2 Å². The number of hydrogen-bond donors (Lipinski definition) is 2. The van der Waals surface area contributed by atoms with E-state index in [9.17, 15) is 18.0 Å².